The molecule has 1 N–H and O–H groups in total. The van der Waals surface area contributed by atoms with Gasteiger partial charge in [0.2, 0.25) is 0 Å². The van der Waals surface area contributed by atoms with Gasteiger partial charge in [0.05, 0.1) is 13.7 Å². The lowest BCUT2D eigenvalue weighted by Gasteiger charge is -2.26. The van der Waals surface area contributed by atoms with Gasteiger partial charge in [-0.05, 0) is 43.7 Å². The van der Waals surface area contributed by atoms with Crippen LogP contribution in [-0.2, 0) is 6.54 Å². The molecule has 1 aromatic heterocycles. The van der Waals surface area contributed by atoms with Crippen molar-refractivity contribution in [2.45, 2.75) is 31.5 Å². The predicted octanol–water partition coefficient (Wildman–Crippen LogP) is 1.19. The van der Waals surface area contributed by atoms with E-state index in [9.17, 15) is 5.11 Å². The van der Waals surface area contributed by atoms with Crippen molar-refractivity contribution in [2.24, 2.45) is 0 Å². The van der Waals surface area contributed by atoms with Gasteiger partial charge in [-0.2, -0.15) is 5.10 Å². The SMILES string of the molecule is COc1ccc(OC[C@H](O)CN2CCC[C@H]2Cn2cncn2)cc1. The van der Waals surface area contributed by atoms with Gasteiger partial charge in [-0.25, -0.2) is 4.98 Å². The molecule has 1 fully saturated rings. The van der Waals surface area contributed by atoms with Crippen molar-refractivity contribution in [3.63, 3.8) is 0 Å². The van der Waals surface area contributed by atoms with Crippen LogP contribution in [0.5, 0.6) is 11.5 Å². The summed E-state index contributed by atoms with van der Waals surface area (Å²) in [7, 11) is 1.63. The van der Waals surface area contributed by atoms with E-state index >= 15 is 0 Å². The molecule has 2 heterocycles. The third-order valence-corrected chi connectivity index (χ3v) is 4.31. The van der Waals surface area contributed by atoms with E-state index in [-0.39, 0.29) is 6.61 Å². The topological polar surface area (TPSA) is 72.6 Å². The third kappa shape index (κ3) is 4.46. The second-order valence-corrected chi connectivity index (χ2v) is 6.05. The smallest absolute Gasteiger partial charge is 0.137 e. The van der Waals surface area contributed by atoms with Crippen molar-refractivity contribution in [3.8, 4) is 11.5 Å². The lowest BCUT2D eigenvalue weighted by atomic mass is 10.2. The first-order valence-corrected chi connectivity index (χ1v) is 8.26. The molecule has 0 saturated carbocycles. The fourth-order valence-corrected chi connectivity index (χ4v) is 3.07. The van der Waals surface area contributed by atoms with Crippen LogP contribution < -0.4 is 9.47 Å². The van der Waals surface area contributed by atoms with Gasteiger partial charge in [-0.3, -0.25) is 9.58 Å². The molecular weight excluding hydrogens is 308 g/mol. The standard InChI is InChI=1S/C17H24N4O3/c1-23-16-4-6-17(7-5-16)24-11-15(22)10-20-8-2-3-14(20)9-21-13-18-12-19-21/h4-7,12-15,22H,2-3,8-11H2,1H3/t14-,15+/m0/s1. The second-order valence-electron chi connectivity index (χ2n) is 6.05. The van der Waals surface area contributed by atoms with Gasteiger partial charge in [-0.15, -0.1) is 0 Å². The number of aliphatic hydroxyl groups excluding tert-OH is 1. The summed E-state index contributed by atoms with van der Waals surface area (Å²) >= 11 is 0. The van der Waals surface area contributed by atoms with Crippen LogP contribution in [0.4, 0.5) is 0 Å². The molecule has 7 nitrogen and oxygen atoms in total. The number of ether oxygens (including phenoxy) is 2. The van der Waals surface area contributed by atoms with Crippen LogP contribution >= 0.6 is 0 Å². The van der Waals surface area contributed by atoms with Crippen LogP contribution in [0.25, 0.3) is 0 Å². The molecule has 0 aliphatic carbocycles. The van der Waals surface area contributed by atoms with Gasteiger partial charge in [0.15, 0.2) is 0 Å². The van der Waals surface area contributed by atoms with E-state index in [0.29, 0.717) is 12.6 Å². The lowest BCUT2D eigenvalue weighted by Crippen LogP contribution is -2.40. The Morgan fingerprint density at radius 3 is 2.79 bits per heavy atom. The first-order valence-electron chi connectivity index (χ1n) is 8.26. The predicted molar refractivity (Wildman–Crippen MR) is 89.1 cm³/mol. The zero-order valence-corrected chi connectivity index (χ0v) is 13.9. The Labute approximate surface area is 141 Å². The fraction of sp³-hybridized carbons (Fsp3) is 0.529. The van der Waals surface area contributed by atoms with E-state index in [1.165, 1.54) is 0 Å². The molecule has 130 valence electrons. The van der Waals surface area contributed by atoms with Gasteiger partial charge in [0, 0.05) is 12.6 Å². The number of aromatic nitrogens is 3. The summed E-state index contributed by atoms with van der Waals surface area (Å²) in [5, 5.41) is 14.5. The number of methoxy groups -OCH3 is 1. The molecule has 7 heteroatoms. The fourth-order valence-electron chi connectivity index (χ4n) is 3.07. The molecule has 1 aliphatic heterocycles. The highest BCUT2D eigenvalue weighted by atomic mass is 16.5. The van der Waals surface area contributed by atoms with Crippen LogP contribution in [0.15, 0.2) is 36.9 Å². The zero-order valence-electron chi connectivity index (χ0n) is 13.9. The van der Waals surface area contributed by atoms with E-state index in [1.54, 1.807) is 19.8 Å². The minimum Gasteiger partial charge on any atom is -0.497 e. The van der Waals surface area contributed by atoms with Crippen molar-refractivity contribution < 1.29 is 14.6 Å². The highest BCUT2D eigenvalue weighted by Gasteiger charge is 2.26. The van der Waals surface area contributed by atoms with Crippen molar-refractivity contribution in [3.05, 3.63) is 36.9 Å². The van der Waals surface area contributed by atoms with Gasteiger partial charge in [0.25, 0.3) is 0 Å². The summed E-state index contributed by atoms with van der Waals surface area (Å²) in [6.07, 6.45) is 5.02. The Bertz CT molecular complexity index is 603. The summed E-state index contributed by atoms with van der Waals surface area (Å²) < 4.78 is 12.6. The number of rotatable bonds is 8. The third-order valence-electron chi connectivity index (χ3n) is 4.31. The quantitative estimate of drug-likeness (QED) is 0.783. The highest BCUT2D eigenvalue weighted by Crippen LogP contribution is 2.20. The van der Waals surface area contributed by atoms with E-state index in [2.05, 4.69) is 15.0 Å². The number of β-amino-alcohol motifs (C(OH)–C–C–N with tert-alkyl or cyclic N) is 1. The second kappa shape index (κ2) is 8.12. The Hall–Kier alpha value is -2.12. The zero-order chi connectivity index (χ0) is 16.8. The Balaban J connectivity index is 1.45. The number of benzene rings is 1. The number of aliphatic hydroxyl groups is 1. The normalized spacial score (nSPS) is 19.3. The summed E-state index contributed by atoms with van der Waals surface area (Å²) in [4.78, 5) is 6.29. The molecule has 24 heavy (non-hydrogen) atoms. The van der Waals surface area contributed by atoms with E-state index in [1.807, 2.05) is 28.9 Å². The number of hydrogen-bond donors (Lipinski definition) is 1. The van der Waals surface area contributed by atoms with Crippen LogP contribution in [0.1, 0.15) is 12.8 Å². The van der Waals surface area contributed by atoms with Gasteiger partial charge >= 0.3 is 0 Å². The summed E-state index contributed by atoms with van der Waals surface area (Å²) in [5.41, 5.74) is 0. The number of likely N-dealkylation sites (tertiary alicyclic amines) is 1. The Kier molecular flexibility index (Phi) is 5.66. The molecule has 1 aromatic carbocycles. The van der Waals surface area contributed by atoms with Crippen molar-refractivity contribution in [1.29, 1.82) is 0 Å². The Morgan fingerprint density at radius 2 is 2.08 bits per heavy atom. The first-order chi connectivity index (χ1) is 11.7. The number of hydrogen-bond acceptors (Lipinski definition) is 6. The molecular formula is C17H24N4O3. The number of nitrogens with zero attached hydrogens (tertiary/aromatic N) is 4. The Morgan fingerprint density at radius 1 is 1.29 bits per heavy atom. The molecule has 0 radical (unpaired) electrons. The molecule has 1 aliphatic rings. The minimum absolute atomic E-state index is 0.277. The maximum atomic E-state index is 10.3. The van der Waals surface area contributed by atoms with E-state index in [4.69, 9.17) is 9.47 Å². The summed E-state index contributed by atoms with van der Waals surface area (Å²) in [6, 6.07) is 7.76. The largest absolute Gasteiger partial charge is 0.497 e. The highest BCUT2D eigenvalue weighted by molar-refractivity contribution is 5.31. The van der Waals surface area contributed by atoms with Crippen LogP contribution in [-0.4, -0.2) is 63.7 Å². The monoisotopic (exact) mass is 332 g/mol. The van der Waals surface area contributed by atoms with E-state index in [0.717, 1.165) is 37.4 Å². The molecule has 0 unspecified atom stereocenters. The summed E-state index contributed by atoms with van der Waals surface area (Å²) in [5.74, 6) is 1.52. The van der Waals surface area contributed by atoms with Crippen molar-refractivity contribution >= 4 is 0 Å². The van der Waals surface area contributed by atoms with Crippen LogP contribution in [0, 0.1) is 0 Å². The lowest BCUT2D eigenvalue weighted by molar-refractivity contribution is 0.0609. The average Bonchev–Trinajstić information content (AvgIpc) is 3.26. The maximum Gasteiger partial charge on any atom is 0.137 e. The van der Waals surface area contributed by atoms with Crippen molar-refractivity contribution in [2.75, 3.05) is 26.8 Å². The van der Waals surface area contributed by atoms with E-state index < -0.39 is 6.10 Å². The maximum absolute atomic E-state index is 10.3. The molecule has 0 bridgehead atoms. The van der Waals surface area contributed by atoms with Gasteiger partial charge < -0.3 is 14.6 Å². The van der Waals surface area contributed by atoms with Gasteiger partial charge in [0.1, 0.15) is 36.9 Å². The molecule has 3 rings (SSSR count). The van der Waals surface area contributed by atoms with Crippen molar-refractivity contribution in [1.82, 2.24) is 19.7 Å². The molecule has 0 spiro atoms. The first kappa shape index (κ1) is 16.7. The van der Waals surface area contributed by atoms with Crippen LogP contribution in [0.2, 0.25) is 0 Å². The average molecular weight is 332 g/mol. The van der Waals surface area contributed by atoms with Gasteiger partial charge in [-0.1, -0.05) is 0 Å². The molecule has 0 amide bonds. The minimum atomic E-state index is -0.525. The molecule has 2 atom stereocenters. The van der Waals surface area contributed by atoms with Crippen LogP contribution in [0.3, 0.4) is 0 Å². The molecule has 1 saturated heterocycles. The summed E-state index contributed by atoms with van der Waals surface area (Å²) in [6.45, 7) is 2.69. The molecule has 2 aromatic rings.